The van der Waals surface area contributed by atoms with Crippen molar-refractivity contribution in [3.05, 3.63) is 29.3 Å². The molecule has 0 unspecified atom stereocenters. The normalized spacial score (nSPS) is 16.1. The molecule has 0 aliphatic carbocycles. The first-order valence-electron chi connectivity index (χ1n) is 4.76. The highest BCUT2D eigenvalue weighted by Gasteiger charge is 2.23. The lowest BCUT2D eigenvalue weighted by molar-refractivity contribution is 0.0454. The first kappa shape index (κ1) is 10.5. The molecule has 4 heteroatoms. The first-order chi connectivity index (χ1) is 7.18. The van der Waals surface area contributed by atoms with Crippen LogP contribution in [0.1, 0.15) is 15.9 Å². The van der Waals surface area contributed by atoms with Crippen LogP contribution < -0.4 is 0 Å². The van der Waals surface area contributed by atoms with Crippen molar-refractivity contribution in [2.24, 2.45) is 0 Å². The fourth-order valence-corrected chi connectivity index (χ4v) is 2.62. The number of ether oxygens (including phenoxy) is 1. The molecule has 0 aromatic heterocycles. The van der Waals surface area contributed by atoms with Gasteiger partial charge in [-0.2, -0.15) is 0 Å². The number of benzene rings is 1. The summed E-state index contributed by atoms with van der Waals surface area (Å²) in [7, 11) is 0. The number of aryl methyl sites for hydroxylation is 1. The standard InChI is InChI=1S/C11H12O3S/c1-7-3-2-4-9(11(12)13)10(7)15-8-5-14-6-8/h2-4,8H,5-6H2,1H3,(H,12,13). The zero-order chi connectivity index (χ0) is 10.8. The van der Waals surface area contributed by atoms with Gasteiger partial charge in [-0.3, -0.25) is 0 Å². The Kier molecular flexibility index (Phi) is 2.98. The Hall–Kier alpha value is -1.00. The minimum absolute atomic E-state index is 0.395. The maximum atomic E-state index is 11.0. The van der Waals surface area contributed by atoms with E-state index in [1.54, 1.807) is 23.9 Å². The van der Waals surface area contributed by atoms with Crippen LogP contribution in [-0.2, 0) is 4.74 Å². The van der Waals surface area contributed by atoms with Crippen LogP contribution in [0.2, 0.25) is 0 Å². The van der Waals surface area contributed by atoms with E-state index in [1.165, 1.54) is 0 Å². The lowest BCUT2D eigenvalue weighted by Gasteiger charge is -2.26. The molecular formula is C11H12O3S. The topological polar surface area (TPSA) is 46.5 Å². The monoisotopic (exact) mass is 224 g/mol. The highest BCUT2D eigenvalue weighted by Crippen LogP contribution is 2.33. The second kappa shape index (κ2) is 4.24. The summed E-state index contributed by atoms with van der Waals surface area (Å²) in [5, 5.41) is 9.46. The van der Waals surface area contributed by atoms with Gasteiger partial charge in [-0.05, 0) is 18.6 Å². The summed E-state index contributed by atoms with van der Waals surface area (Å²) in [5.74, 6) is -0.860. The zero-order valence-corrected chi connectivity index (χ0v) is 9.21. The second-order valence-corrected chi connectivity index (χ2v) is 4.84. The van der Waals surface area contributed by atoms with Gasteiger partial charge in [0.25, 0.3) is 0 Å². The summed E-state index contributed by atoms with van der Waals surface area (Å²) < 4.78 is 5.08. The van der Waals surface area contributed by atoms with E-state index in [2.05, 4.69) is 0 Å². The van der Waals surface area contributed by atoms with Crippen LogP contribution in [0.25, 0.3) is 0 Å². The van der Waals surface area contributed by atoms with Crippen molar-refractivity contribution in [3.63, 3.8) is 0 Å². The quantitative estimate of drug-likeness (QED) is 0.854. The fourth-order valence-electron chi connectivity index (χ4n) is 1.43. The number of hydrogen-bond donors (Lipinski definition) is 1. The minimum atomic E-state index is -0.860. The van der Waals surface area contributed by atoms with Gasteiger partial charge in [0, 0.05) is 4.90 Å². The lowest BCUT2D eigenvalue weighted by Crippen LogP contribution is -2.30. The van der Waals surface area contributed by atoms with Crippen molar-refractivity contribution < 1.29 is 14.6 Å². The van der Waals surface area contributed by atoms with Crippen molar-refractivity contribution in [1.82, 2.24) is 0 Å². The van der Waals surface area contributed by atoms with Crippen molar-refractivity contribution in [3.8, 4) is 0 Å². The molecule has 1 aliphatic rings. The summed E-state index contributed by atoms with van der Waals surface area (Å²) in [6.07, 6.45) is 0. The van der Waals surface area contributed by atoms with Crippen LogP contribution in [0.3, 0.4) is 0 Å². The minimum Gasteiger partial charge on any atom is -0.478 e. The van der Waals surface area contributed by atoms with Gasteiger partial charge >= 0.3 is 5.97 Å². The van der Waals surface area contributed by atoms with E-state index in [-0.39, 0.29) is 0 Å². The van der Waals surface area contributed by atoms with E-state index >= 15 is 0 Å². The number of thioether (sulfide) groups is 1. The van der Waals surface area contributed by atoms with Crippen LogP contribution in [0, 0.1) is 6.92 Å². The SMILES string of the molecule is Cc1cccc(C(=O)O)c1SC1COC1. The molecule has 1 N–H and O–H groups in total. The summed E-state index contributed by atoms with van der Waals surface area (Å²) in [6, 6.07) is 5.37. The molecule has 0 bridgehead atoms. The molecule has 1 aromatic rings. The molecule has 80 valence electrons. The Labute approximate surface area is 92.4 Å². The van der Waals surface area contributed by atoms with Gasteiger partial charge in [-0.1, -0.05) is 12.1 Å². The van der Waals surface area contributed by atoms with Crippen LogP contribution in [-0.4, -0.2) is 29.5 Å². The maximum Gasteiger partial charge on any atom is 0.336 e. The highest BCUT2D eigenvalue weighted by molar-refractivity contribution is 8.00. The van der Waals surface area contributed by atoms with Crippen LogP contribution in [0.5, 0.6) is 0 Å². The molecule has 1 aliphatic heterocycles. The van der Waals surface area contributed by atoms with E-state index in [9.17, 15) is 4.79 Å². The molecule has 1 fully saturated rings. The number of carbonyl (C=O) groups is 1. The predicted octanol–water partition coefficient (Wildman–Crippen LogP) is 2.18. The molecule has 1 saturated heterocycles. The second-order valence-electron chi connectivity index (χ2n) is 3.53. The average Bonchev–Trinajstić information content (AvgIpc) is 2.12. The zero-order valence-electron chi connectivity index (χ0n) is 8.40. The number of hydrogen-bond acceptors (Lipinski definition) is 3. The predicted molar refractivity (Wildman–Crippen MR) is 58.6 cm³/mol. The number of carboxylic acids is 1. The summed E-state index contributed by atoms with van der Waals surface area (Å²) in [4.78, 5) is 11.9. The molecule has 1 heterocycles. The number of rotatable bonds is 3. The summed E-state index contributed by atoms with van der Waals surface area (Å²) >= 11 is 1.61. The van der Waals surface area contributed by atoms with Crippen molar-refractivity contribution in [1.29, 1.82) is 0 Å². The largest absolute Gasteiger partial charge is 0.478 e. The van der Waals surface area contributed by atoms with Gasteiger partial charge < -0.3 is 9.84 Å². The van der Waals surface area contributed by atoms with Crippen molar-refractivity contribution in [2.45, 2.75) is 17.1 Å². The molecule has 3 nitrogen and oxygen atoms in total. The first-order valence-corrected chi connectivity index (χ1v) is 5.64. The van der Waals surface area contributed by atoms with E-state index < -0.39 is 5.97 Å². The Balaban J connectivity index is 2.29. The molecule has 0 radical (unpaired) electrons. The van der Waals surface area contributed by atoms with E-state index in [0.717, 1.165) is 23.7 Å². The van der Waals surface area contributed by atoms with Gasteiger partial charge in [0.2, 0.25) is 0 Å². The van der Waals surface area contributed by atoms with Crippen molar-refractivity contribution in [2.75, 3.05) is 13.2 Å². The average molecular weight is 224 g/mol. The third-order valence-corrected chi connectivity index (χ3v) is 3.72. The molecular weight excluding hydrogens is 212 g/mol. The smallest absolute Gasteiger partial charge is 0.336 e. The molecule has 0 atom stereocenters. The van der Waals surface area contributed by atoms with Crippen LogP contribution >= 0.6 is 11.8 Å². The summed E-state index contributed by atoms with van der Waals surface area (Å²) in [6.45, 7) is 3.38. The number of carboxylic acid groups (broad SMARTS) is 1. The third kappa shape index (κ3) is 2.16. The van der Waals surface area contributed by atoms with E-state index in [4.69, 9.17) is 9.84 Å². The Bertz CT molecular complexity index is 385. The van der Waals surface area contributed by atoms with Gasteiger partial charge in [0.05, 0.1) is 24.0 Å². The van der Waals surface area contributed by atoms with E-state index in [0.29, 0.717) is 10.8 Å². The molecule has 1 aromatic carbocycles. The highest BCUT2D eigenvalue weighted by atomic mass is 32.2. The molecule has 0 amide bonds. The van der Waals surface area contributed by atoms with Gasteiger partial charge in [-0.25, -0.2) is 4.79 Å². The third-order valence-electron chi connectivity index (χ3n) is 2.33. The molecule has 15 heavy (non-hydrogen) atoms. The molecule has 0 saturated carbocycles. The van der Waals surface area contributed by atoms with Crippen LogP contribution in [0.15, 0.2) is 23.1 Å². The van der Waals surface area contributed by atoms with E-state index in [1.807, 2.05) is 13.0 Å². The molecule has 2 rings (SSSR count). The molecule has 0 spiro atoms. The number of aromatic carboxylic acids is 1. The fraction of sp³-hybridized carbons (Fsp3) is 0.364. The van der Waals surface area contributed by atoms with Gasteiger partial charge in [0.15, 0.2) is 0 Å². The Morgan fingerprint density at radius 3 is 2.80 bits per heavy atom. The maximum absolute atomic E-state index is 11.0. The van der Waals surface area contributed by atoms with Gasteiger partial charge in [-0.15, -0.1) is 11.8 Å². The lowest BCUT2D eigenvalue weighted by atomic mass is 10.1. The van der Waals surface area contributed by atoms with Crippen molar-refractivity contribution >= 4 is 17.7 Å². The Morgan fingerprint density at radius 2 is 2.27 bits per heavy atom. The van der Waals surface area contributed by atoms with Crippen LogP contribution in [0.4, 0.5) is 0 Å². The summed E-state index contributed by atoms with van der Waals surface area (Å²) in [5.41, 5.74) is 1.42. The Morgan fingerprint density at radius 1 is 1.53 bits per heavy atom. The van der Waals surface area contributed by atoms with Gasteiger partial charge in [0.1, 0.15) is 0 Å².